The van der Waals surface area contributed by atoms with Gasteiger partial charge in [-0.1, -0.05) is 7.43 Å². The molecule has 0 saturated carbocycles. The maximum atomic E-state index is 12.6. The lowest BCUT2D eigenvalue weighted by Gasteiger charge is -2.08. The highest BCUT2D eigenvalue weighted by Crippen LogP contribution is 2.41. The van der Waals surface area contributed by atoms with Gasteiger partial charge < -0.3 is 9.47 Å². The first-order valence-electron chi connectivity index (χ1n) is 4.35. The van der Waals surface area contributed by atoms with Crippen molar-refractivity contribution in [1.29, 1.82) is 5.53 Å². The molecule has 21 heavy (non-hydrogen) atoms. The van der Waals surface area contributed by atoms with Gasteiger partial charge in [0.05, 0.1) is 0 Å². The molecule has 6 nitrogen and oxygen atoms in total. The maximum absolute atomic E-state index is 12.6. The van der Waals surface area contributed by atoms with E-state index >= 15 is 0 Å². The van der Waals surface area contributed by atoms with E-state index in [1.165, 1.54) is 0 Å². The van der Waals surface area contributed by atoms with Crippen LogP contribution in [0.2, 0.25) is 0 Å². The Morgan fingerprint density at radius 3 is 2.33 bits per heavy atom. The molecule has 0 aliphatic rings. The smallest absolute Gasteiger partial charge is 0.421 e. The van der Waals surface area contributed by atoms with Crippen LogP contribution in [-0.2, 0) is 13.2 Å². The van der Waals surface area contributed by atoms with Gasteiger partial charge in [0.2, 0.25) is 11.4 Å². The second-order valence-electron chi connectivity index (χ2n) is 2.96. The van der Waals surface area contributed by atoms with Crippen molar-refractivity contribution in [3.63, 3.8) is 0 Å². The largest absolute Gasteiger partial charge is 0.439 e. The van der Waals surface area contributed by atoms with Gasteiger partial charge in [-0.25, -0.2) is 10.2 Å². The normalized spacial score (nSPS) is 10.4. The number of halogens is 6. The van der Waals surface area contributed by atoms with Crippen LogP contribution in [0.5, 0.6) is 11.6 Å². The SMILES string of the molecule is Br.C.Cn1nc(C(F)(F)F)c(OC(=S)N=N)c1OC(F)F. The number of thiocarbonyl (C=S) groups is 1. The molecule has 1 heterocycles. The van der Waals surface area contributed by atoms with Crippen LogP contribution in [-0.4, -0.2) is 21.6 Å². The molecule has 0 aromatic carbocycles. The third-order valence-corrected chi connectivity index (χ3v) is 1.88. The molecule has 13 heteroatoms. The first kappa shape index (κ1) is 21.9. The standard InChI is InChI=1S/C7H5F5N4O2S.CH4.BrH/c1-16-4(18-5(8)9)2(17-6(19)14-13)3(15-16)7(10,11)12;;/h5,13H,1H3;1H4;1H. The van der Waals surface area contributed by atoms with Crippen LogP contribution in [0.3, 0.4) is 0 Å². The van der Waals surface area contributed by atoms with Gasteiger partial charge in [0.25, 0.3) is 5.88 Å². The van der Waals surface area contributed by atoms with Gasteiger partial charge in [-0.3, -0.25) is 0 Å². The van der Waals surface area contributed by atoms with E-state index in [4.69, 9.17) is 5.53 Å². The zero-order chi connectivity index (χ0) is 14.8. The van der Waals surface area contributed by atoms with E-state index in [-0.39, 0.29) is 24.4 Å². The molecule has 0 atom stereocenters. The number of ether oxygens (including phenoxy) is 2. The highest BCUT2D eigenvalue weighted by atomic mass is 79.9. The maximum Gasteiger partial charge on any atom is 0.439 e. The van der Waals surface area contributed by atoms with E-state index in [2.05, 4.69) is 31.9 Å². The monoisotopic (exact) mass is 400 g/mol. The fourth-order valence-corrected chi connectivity index (χ4v) is 1.17. The minimum atomic E-state index is -4.98. The van der Waals surface area contributed by atoms with Gasteiger partial charge in [-0.15, -0.1) is 22.1 Å². The summed E-state index contributed by atoms with van der Waals surface area (Å²) in [7, 11) is 0.945. The van der Waals surface area contributed by atoms with E-state index < -0.39 is 35.3 Å². The van der Waals surface area contributed by atoms with Crippen LogP contribution in [0.25, 0.3) is 0 Å². The zero-order valence-corrected chi connectivity index (χ0v) is 12.0. The quantitative estimate of drug-likeness (QED) is 0.473. The summed E-state index contributed by atoms with van der Waals surface area (Å²) >= 11 is 4.28. The van der Waals surface area contributed by atoms with Crippen LogP contribution >= 0.6 is 29.2 Å². The van der Waals surface area contributed by atoms with Crippen molar-refractivity contribution in [1.82, 2.24) is 9.78 Å². The molecule has 0 unspecified atom stereocenters. The number of aryl methyl sites for hydroxylation is 1. The Balaban J connectivity index is 0. The minimum Gasteiger partial charge on any atom is -0.421 e. The van der Waals surface area contributed by atoms with E-state index in [0.717, 1.165) is 7.05 Å². The Hall–Kier alpha value is -1.37. The fourth-order valence-electron chi connectivity index (χ4n) is 1.09. The molecule has 1 N–H and O–H groups in total. The number of nitrogens with zero attached hydrogens (tertiary/aromatic N) is 3. The Kier molecular flexibility index (Phi) is 8.52. The van der Waals surface area contributed by atoms with Crippen LogP contribution in [0.15, 0.2) is 5.11 Å². The Morgan fingerprint density at radius 1 is 1.43 bits per heavy atom. The summed E-state index contributed by atoms with van der Waals surface area (Å²) in [6.07, 6.45) is -4.98. The number of hydrogen-bond acceptors (Lipinski definition) is 5. The molecule has 0 aliphatic carbocycles. The Bertz CT molecular complexity index is 508. The molecular weight excluding hydrogens is 391 g/mol. The third kappa shape index (κ3) is 5.49. The van der Waals surface area contributed by atoms with Crippen molar-refractivity contribution >= 4 is 34.4 Å². The highest BCUT2D eigenvalue weighted by molar-refractivity contribution is 8.93. The molecule has 1 aromatic rings. The zero-order valence-electron chi connectivity index (χ0n) is 9.44. The Morgan fingerprint density at radius 2 is 1.95 bits per heavy atom. The van der Waals surface area contributed by atoms with Crippen LogP contribution in [0.1, 0.15) is 13.1 Å². The van der Waals surface area contributed by atoms with Gasteiger partial charge >= 0.3 is 18.0 Å². The number of nitrogens with one attached hydrogen (secondary N) is 1. The van der Waals surface area contributed by atoms with Gasteiger partial charge in [-0.05, 0) is 12.2 Å². The molecule has 0 bridgehead atoms. The lowest BCUT2D eigenvalue weighted by molar-refractivity contribution is -0.142. The van der Waals surface area contributed by atoms with E-state index in [1.54, 1.807) is 0 Å². The number of rotatable bonds is 3. The number of aromatic nitrogens is 2. The van der Waals surface area contributed by atoms with Crippen LogP contribution < -0.4 is 9.47 Å². The van der Waals surface area contributed by atoms with Gasteiger partial charge in [-0.2, -0.15) is 27.1 Å². The van der Waals surface area contributed by atoms with Gasteiger partial charge in [0, 0.05) is 7.05 Å². The lowest BCUT2D eigenvalue weighted by atomic mass is 10.4. The fraction of sp³-hybridized carbons (Fsp3) is 0.500. The summed E-state index contributed by atoms with van der Waals surface area (Å²) in [5.74, 6) is -2.15. The summed E-state index contributed by atoms with van der Waals surface area (Å²) in [6.45, 7) is -3.39. The summed E-state index contributed by atoms with van der Waals surface area (Å²) in [5, 5.41) is 4.61. The van der Waals surface area contributed by atoms with Gasteiger partial charge in [0.15, 0.2) is 0 Å². The summed E-state index contributed by atoms with van der Waals surface area (Å²) in [4.78, 5) is 0. The second-order valence-corrected chi connectivity index (χ2v) is 3.31. The van der Waals surface area contributed by atoms with Crippen molar-refractivity contribution in [2.45, 2.75) is 20.2 Å². The average Bonchev–Trinajstić information content (AvgIpc) is 2.56. The second kappa shape index (κ2) is 8.17. The minimum absolute atomic E-state index is 0. The molecule has 0 radical (unpaired) electrons. The molecular formula is C8H10BrF5N4O2S. The summed E-state index contributed by atoms with van der Waals surface area (Å²) in [5.41, 5.74) is 4.85. The van der Waals surface area contributed by atoms with Gasteiger partial charge in [0.1, 0.15) is 0 Å². The molecule has 0 saturated heterocycles. The molecule has 122 valence electrons. The van der Waals surface area contributed by atoms with Crippen LogP contribution in [0, 0.1) is 5.53 Å². The number of hydrogen-bond donors (Lipinski definition) is 1. The molecule has 1 rings (SSSR count). The van der Waals surface area contributed by atoms with Crippen molar-refractivity contribution < 1.29 is 31.4 Å². The summed E-state index contributed by atoms with van der Waals surface area (Å²) < 4.78 is 70.7. The Labute approximate surface area is 131 Å². The molecule has 0 fully saturated rings. The van der Waals surface area contributed by atoms with Crippen molar-refractivity contribution in [2.75, 3.05) is 0 Å². The summed E-state index contributed by atoms with van der Waals surface area (Å²) in [6, 6.07) is 0. The van der Waals surface area contributed by atoms with Crippen molar-refractivity contribution in [2.24, 2.45) is 12.2 Å². The van der Waals surface area contributed by atoms with E-state index in [0.29, 0.717) is 4.68 Å². The predicted octanol–water partition coefficient (Wildman–Crippen LogP) is 3.95. The topological polar surface area (TPSA) is 72.5 Å². The molecule has 0 spiro atoms. The molecule has 0 amide bonds. The first-order chi connectivity index (χ1) is 8.66. The third-order valence-electron chi connectivity index (χ3n) is 1.70. The van der Waals surface area contributed by atoms with Crippen LogP contribution in [0.4, 0.5) is 22.0 Å². The van der Waals surface area contributed by atoms with E-state index in [1.807, 2.05) is 0 Å². The lowest BCUT2D eigenvalue weighted by Crippen LogP contribution is -2.11. The number of alkyl halides is 5. The van der Waals surface area contributed by atoms with E-state index in [9.17, 15) is 22.0 Å². The predicted molar refractivity (Wildman–Crippen MR) is 70.3 cm³/mol. The first-order valence-corrected chi connectivity index (χ1v) is 4.76. The molecule has 0 aliphatic heterocycles. The van der Waals surface area contributed by atoms with Crippen molar-refractivity contribution in [3.05, 3.63) is 5.69 Å². The van der Waals surface area contributed by atoms with Crippen molar-refractivity contribution in [3.8, 4) is 11.6 Å². The highest BCUT2D eigenvalue weighted by Gasteiger charge is 2.42. The average molecular weight is 401 g/mol. The molecule has 1 aromatic heterocycles.